The maximum Gasteiger partial charge on any atom is 0.397 e. The van der Waals surface area contributed by atoms with E-state index in [0.29, 0.717) is 11.3 Å². The lowest BCUT2D eigenvalue weighted by molar-refractivity contribution is -0.150. The number of halogens is 3. The van der Waals surface area contributed by atoms with Crippen molar-refractivity contribution in [3.05, 3.63) is 11.1 Å². The van der Waals surface area contributed by atoms with Gasteiger partial charge < -0.3 is 10.4 Å². The van der Waals surface area contributed by atoms with E-state index in [1.807, 2.05) is 5.32 Å². The summed E-state index contributed by atoms with van der Waals surface area (Å²) < 4.78 is 35.7. The molecule has 0 radical (unpaired) electrons. The summed E-state index contributed by atoms with van der Waals surface area (Å²) in [4.78, 5) is 15.2. The van der Waals surface area contributed by atoms with Gasteiger partial charge in [-0.05, 0) is 0 Å². The lowest BCUT2D eigenvalue weighted by atomic mass is 10.4. The van der Waals surface area contributed by atoms with Crippen LogP contribution in [0.3, 0.4) is 0 Å². The third-order valence-electron chi connectivity index (χ3n) is 1.56. The van der Waals surface area contributed by atoms with Gasteiger partial charge in [0.2, 0.25) is 5.91 Å². The summed E-state index contributed by atoms with van der Waals surface area (Å²) in [5.41, 5.74) is 0. The van der Waals surface area contributed by atoms with E-state index in [1.54, 1.807) is 0 Å². The third-order valence-corrected chi connectivity index (χ3v) is 2.39. The van der Waals surface area contributed by atoms with E-state index in [-0.39, 0.29) is 11.7 Å². The molecule has 0 spiro atoms. The van der Waals surface area contributed by atoms with Crippen LogP contribution in [0.5, 0.6) is 0 Å². The van der Waals surface area contributed by atoms with Crippen LogP contribution >= 0.6 is 11.3 Å². The Morgan fingerprint density at radius 1 is 1.56 bits per heavy atom. The Hall–Kier alpha value is -1.59. The number of nitrogens with zero attached hydrogens (tertiary/aromatic N) is 1. The summed E-state index contributed by atoms with van der Waals surface area (Å²) in [6, 6.07) is 0. The van der Waals surface area contributed by atoms with Crippen LogP contribution in [0.15, 0.2) is 6.20 Å². The molecule has 0 aliphatic rings. The molecular weight excluding hydrogens is 269 g/mol. The van der Waals surface area contributed by atoms with E-state index in [4.69, 9.17) is 5.11 Å². The van der Waals surface area contributed by atoms with Crippen LogP contribution < -0.4 is 5.32 Å². The van der Waals surface area contributed by atoms with E-state index in [1.165, 1.54) is 6.20 Å². The molecule has 0 unspecified atom stereocenters. The third kappa shape index (κ3) is 5.65. The minimum absolute atomic E-state index is 0.0672. The molecule has 2 N–H and O–H groups in total. The van der Waals surface area contributed by atoms with E-state index in [0.717, 1.165) is 11.3 Å². The van der Waals surface area contributed by atoms with Crippen LogP contribution in [0.25, 0.3) is 0 Å². The summed E-state index contributed by atoms with van der Waals surface area (Å²) >= 11 is 0.972. The van der Waals surface area contributed by atoms with Gasteiger partial charge in [-0.15, -0.1) is 0 Å². The lowest BCUT2D eigenvalue weighted by Crippen LogP contribution is -2.20. The second kappa shape index (κ2) is 6.37. The number of carbonyl (C=O) groups excluding carboxylic acids is 1. The normalized spacial score (nSPS) is 10.7. The minimum atomic E-state index is -4.54. The van der Waals surface area contributed by atoms with Gasteiger partial charge in [-0.3, -0.25) is 4.79 Å². The first-order valence-electron chi connectivity index (χ1n) is 4.83. The molecule has 8 heteroatoms. The maximum absolute atomic E-state index is 11.9. The van der Waals surface area contributed by atoms with E-state index in [2.05, 4.69) is 16.8 Å². The second-order valence-corrected chi connectivity index (χ2v) is 4.18. The first-order chi connectivity index (χ1) is 8.40. The summed E-state index contributed by atoms with van der Waals surface area (Å²) in [6.45, 7) is -0.0685. The van der Waals surface area contributed by atoms with E-state index >= 15 is 0 Å². The number of rotatable bonds is 3. The number of hydrogen-bond acceptors (Lipinski definition) is 4. The SMILES string of the molecule is O=C(CC(F)(F)F)Nc1ncc(C#CCCO)s1. The van der Waals surface area contributed by atoms with Gasteiger partial charge in [-0.25, -0.2) is 4.98 Å². The molecule has 0 aromatic carbocycles. The van der Waals surface area contributed by atoms with Crippen molar-refractivity contribution < 1.29 is 23.1 Å². The molecule has 18 heavy (non-hydrogen) atoms. The highest BCUT2D eigenvalue weighted by molar-refractivity contribution is 7.16. The molecule has 0 saturated heterocycles. The summed E-state index contributed by atoms with van der Waals surface area (Å²) in [6.07, 6.45) is -4.44. The molecule has 4 nitrogen and oxygen atoms in total. The Morgan fingerprint density at radius 3 is 2.89 bits per heavy atom. The number of carbonyl (C=O) groups is 1. The quantitative estimate of drug-likeness (QED) is 0.828. The van der Waals surface area contributed by atoms with E-state index < -0.39 is 18.5 Å². The number of anilines is 1. The summed E-state index contributed by atoms with van der Waals surface area (Å²) in [7, 11) is 0. The molecule has 1 aromatic heterocycles. The number of aromatic nitrogens is 1. The fourth-order valence-electron chi connectivity index (χ4n) is 0.941. The Labute approximate surface area is 105 Å². The maximum atomic E-state index is 11.9. The van der Waals surface area contributed by atoms with E-state index in [9.17, 15) is 18.0 Å². The first kappa shape index (κ1) is 14.5. The zero-order valence-corrected chi connectivity index (χ0v) is 9.86. The van der Waals surface area contributed by atoms with Crippen molar-refractivity contribution in [3.8, 4) is 11.8 Å². The molecule has 0 fully saturated rings. The van der Waals surface area contributed by atoms with Gasteiger partial charge in [0.05, 0.1) is 17.7 Å². The lowest BCUT2D eigenvalue weighted by Gasteiger charge is -2.04. The largest absolute Gasteiger partial charge is 0.397 e. The fourth-order valence-corrected chi connectivity index (χ4v) is 1.65. The highest BCUT2D eigenvalue weighted by Gasteiger charge is 2.31. The molecule has 1 heterocycles. The Morgan fingerprint density at radius 2 is 2.28 bits per heavy atom. The van der Waals surface area contributed by atoms with Gasteiger partial charge >= 0.3 is 6.18 Å². The molecule has 1 rings (SSSR count). The molecule has 1 aromatic rings. The van der Waals surface area contributed by atoms with Crippen molar-refractivity contribution in [2.24, 2.45) is 0 Å². The summed E-state index contributed by atoms with van der Waals surface area (Å²) in [5, 5.41) is 10.6. The van der Waals surface area contributed by atoms with Gasteiger partial charge in [0.15, 0.2) is 5.13 Å². The predicted octanol–water partition coefficient (Wildman–Crippen LogP) is 1.77. The standard InChI is InChI=1S/C10H9F3N2O2S/c11-10(12,13)5-8(17)15-9-14-6-7(18-9)3-1-2-4-16/h6,16H,2,4-5H2,(H,14,15,17). The highest BCUT2D eigenvalue weighted by Crippen LogP contribution is 2.22. The highest BCUT2D eigenvalue weighted by atomic mass is 32.1. The van der Waals surface area contributed by atoms with Gasteiger partial charge in [-0.1, -0.05) is 23.2 Å². The number of alkyl halides is 3. The van der Waals surface area contributed by atoms with Crippen molar-refractivity contribution in [2.75, 3.05) is 11.9 Å². The fraction of sp³-hybridized carbons (Fsp3) is 0.400. The number of aliphatic hydroxyl groups excluding tert-OH is 1. The molecular formula is C10H9F3N2O2S. The topological polar surface area (TPSA) is 62.2 Å². The monoisotopic (exact) mass is 278 g/mol. The average Bonchev–Trinajstić information content (AvgIpc) is 2.63. The number of nitrogens with one attached hydrogen (secondary N) is 1. The number of aliphatic hydroxyl groups is 1. The second-order valence-electron chi connectivity index (χ2n) is 3.15. The van der Waals surface area contributed by atoms with Gasteiger partial charge in [0.1, 0.15) is 6.42 Å². The van der Waals surface area contributed by atoms with Crippen LogP contribution in [-0.2, 0) is 4.79 Å². The Balaban J connectivity index is 2.55. The molecule has 0 saturated carbocycles. The molecule has 0 bridgehead atoms. The number of hydrogen-bond donors (Lipinski definition) is 2. The van der Waals surface area contributed by atoms with Crippen molar-refractivity contribution in [2.45, 2.75) is 19.0 Å². The van der Waals surface area contributed by atoms with Crippen LogP contribution in [0.1, 0.15) is 17.7 Å². The van der Waals surface area contributed by atoms with Gasteiger partial charge in [-0.2, -0.15) is 13.2 Å². The van der Waals surface area contributed by atoms with Crippen molar-refractivity contribution in [1.82, 2.24) is 4.98 Å². The predicted molar refractivity (Wildman–Crippen MR) is 60.0 cm³/mol. The van der Waals surface area contributed by atoms with Gasteiger partial charge in [0, 0.05) is 6.42 Å². The molecule has 0 aliphatic carbocycles. The van der Waals surface area contributed by atoms with Crippen molar-refractivity contribution in [3.63, 3.8) is 0 Å². The minimum Gasteiger partial charge on any atom is -0.395 e. The molecule has 98 valence electrons. The molecule has 1 amide bonds. The van der Waals surface area contributed by atoms with Crippen LogP contribution in [0.4, 0.5) is 18.3 Å². The number of thiazole rings is 1. The smallest absolute Gasteiger partial charge is 0.395 e. The molecule has 0 aliphatic heterocycles. The van der Waals surface area contributed by atoms with Crippen LogP contribution in [0, 0.1) is 11.8 Å². The van der Waals surface area contributed by atoms with Crippen LogP contribution in [-0.4, -0.2) is 28.8 Å². The molecule has 0 atom stereocenters. The van der Waals surface area contributed by atoms with Crippen molar-refractivity contribution >= 4 is 22.4 Å². The zero-order valence-electron chi connectivity index (χ0n) is 9.04. The van der Waals surface area contributed by atoms with Crippen molar-refractivity contribution in [1.29, 1.82) is 0 Å². The summed E-state index contributed by atoms with van der Waals surface area (Å²) in [5.74, 6) is 4.13. The number of amides is 1. The Bertz CT molecular complexity index is 473. The first-order valence-corrected chi connectivity index (χ1v) is 5.64. The Kier molecular flexibility index (Phi) is 5.12. The zero-order chi connectivity index (χ0) is 13.6. The van der Waals surface area contributed by atoms with Crippen LogP contribution in [0.2, 0.25) is 0 Å². The van der Waals surface area contributed by atoms with Gasteiger partial charge in [0.25, 0.3) is 0 Å². The average molecular weight is 278 g/mol.